The van der Waals surface area contributed by atoms with Gasteiger partial charge in [-0.3, -0.25) is 4.68 Å². The van der Waals surface area contributed by atoms with E-state index in [1.54, 1.807) is 7.11 Å². The Morgan fingerprint density at radius 1 is 1.15 bits per heavy atom. The van der Waals surface area contributed by atoms with Crippen molar-refractivity contribution >= 4 is 0 Å². The molecule has 2 rings (SSSR count). The number of ether oxygens (including phenoxy) is 2. The third-order valence-corrected chi connectivity index (χ3v) is 2.97. The average molecular weight is 275 g/mol. The van der Waals surface area contributed by atoms with Crippen LogP contribution >= 0.6 is 0 Å². The first kappa shape index (κ1) is 14.6. The fraction of sp³-hybridized carbons (Fsp3) is 0.400. The van der Waals surface area contributed by atoms with Gasteiger partial charge in [-0.25, -0.2) is 0 Å². The number of rotatable bonds is 8. The van der Waals surface area contributed by atoms with Crippen molar-refractivity contribution in [3.05, 3.63) is 36.7 Å². The highest BCUT2D eigenvalue weighted by Gasteiger charge is 2.02. The number of aromatic nitrogens is 2. The standard InChI is InChI=1S/C15H21N3O2/c1-19-9-10-20-15-5-3-13(4-6-15)14-11-17-18(12-14)8-2-7-16/h3-6,11-12H,2,7-10,16H2,1H3. The lowest BCUT2D eigenvalue weighted by atomic mass is 10.1. The van der Waals surface area contributed by atoms with E-state index in [1.807, 2.05) is 41.3 Å². The summed E-state index contributed by atoms with van der Waals surface area (Å²) in [5, 5.41) is 4.33. The maximum absolute atomic E-state index is 5.54. The predicted molar refractivity (Wildman–Crippen MR) is 78.7 cm³/mol. The van der Waals surface area contributed by atoms with E-state index < -0.39 is 0 Å². The van der Waals surface area contributed by atoms with E-state index in [0.717, 1.165) is 29.8 Å². The minimum Gasteiger partial charge on any atom is -0.491 e. The van der Waals surface area contributed by atoms with Gasteiger partial charge in [0, 0.05) is 25.4 Å². The van der Waals surface area contributed by atoms with Crippen LogP contribution in [-0.4, -0.2) is 36.6 Å². The molecule has 0 unspecified atom stereocenters. The number of hydrogen-bond acceptors (Lipinski definition) is 4. The summed E-state index contributed by atoms with van der Waals surface area (Å²) in [6.07, 6.45) is 4.85. The first-order chi connectivity index (χ1) is 9.83. The van der Waals surface area contributed by atoms with Crippen LogP contribution in [0.4, 0.5) is 0 Å². The van der Waals surface area contributed by atoms with E-state index >= 15 is 0 Å². The molecule has 0 radical (unpaired) electrons. The Morgan fingerprint density at radius 2 is 1.95 bits per heavy atom. The number of aryl methyl sites for hydroxylation is 1. The van der Waals surface area contributed by atoms with Crippen LogP contribution < -0.4 is 10.5 Å². The van der Waals surface area contributed by atoms with E-state index in [4.69, 9.17) is 15.2 Å². The molecule has 1 heterocycles. The van der Waals surface area contributed by atoms with Crippen molar-refractivity contribution in [1.82, 2.24) is 9.78 Å². The summed E-state index contributed by atoms with van der Waals surface area (Å²) in [6, 6.07) is 7.99. The van der Waals surface area contributed by atoms with Crippen LogP contribution in [0, 0.1) is 0 Å². The molecule has 1 aromatic heterocycles. The molecule has 108 valence electrons. The van der Waals surface area contributed by atoms with E-state index in [-0.39, 0.29) is 0 Å². The highest BCUT2D eigenvalue weighted by molar-refractivity contribution is 5.62. The summed E-state index contributed by atoms with van der Waals surface area (Å²) >= 11 is 0. The maximum Gasteiger partial charge on any atom is 0.119 e. The van der Waals surface area contributed by atoms with Crippen LogP contribution in [0.1, 0.15) is 6.42 Å². The van der Waals surface area contributed by atoms with E-state index in [2.05, 4.69) is 5.10 Å². The number of nitrogens with zero attached hydrogens (tertiary/aromatic N) is 2. The van der Waals surface area contributed by atoms with Crippen molar-refractivity contribution in [3.8, 4) is 16.9 Å². The van der Waals surface area contributed by atoms with Crippen LogP contribution in [0.25, 0.3) is 11.1 Å². The van der Waals surface area contributed by atoms with Crippen LogP contribution in [0.15, 0.2) is 36.7 Å². The molecule has 0 aliphatic carbocycles. The van der Waals surface area contributed by atoms with Gasteiger partial charge >= 0.3 is 0 Å². The van der Waals surface area contributed by atoms with Gasteiger partial charge in [0.1, 0.15) is 12.4 Å². The molecule has 0 amide bonds. The van der Waals surface area contributed by atoms with Crippen molar-refractivity contribution in [2.24, 2.45) is 5.73 Å². The van der Waals surface area contributed by atoms with Crippen molar-refractivity contribution < 1.29 is 9.47 Å². The second-order valence-electron chi connectivity index (χ2n) is 4.50. The first-order valence-corrected chi connectivity index (χ1v) is 6.78. The summed E-state index contributed by atoms with van der Waals surface area (Å²) in [6.45, 7) is 2.69. The van der Waals surface area contributed by atoms with Gasteiger partial charge in [-0.2, -0.15) is 5.10 Å². The summed E-state index contributed by atoms with van der Waals surface area (Å²) in [5.74, 6) is 0.848. The molecule has 0 atom stereocenters. The molecule has 0 bridgehead atoms. The third-order valence-electron chi connectivity index (χ3n) is 2.97. The summed E-state index contributed by atoms with van der Waals surface area (Å²) < 4.78 is 12.4. The third kappa shape index (κ3) is 4.08. The zero-order valence-corrected chi connectivity index (χ0v) is 11.8. The molecule has 0 fully saturated rings. The highest BCUT2D eigenvalue weighted by Crippen LogP contribution is 2.21. The molecule has 20 heavy (non-hydrogen) atoms. The number of nitrogens with two attached hydrogens (primary N) is 1. The van der Waals surface area contributed by atoms with Gasteiger partial charge in [0.25, 0.3) is 0 Å². The quantitative estimate of drug-likeness (QED) is 0.748. The second-order valence-corrected chi connectivity index (χ2v) is 4.50. The summed E-state index contributed by atoms with van der Waals surface area (Å²) in [4.78, 5) is 0. The number of methoxy groups -OCH3 is 1. The average Bonchev–Trinajstić information content (AvgIpc) is 2.95. The Hall–Kier alpha value is -1.85. The summed E-state index contributed by atoms with van der Waals surface area (Å²) in [7, 11) is 1.66. The second kappa shape index (κ2) is 7.67. The monoisotopic (exact) mass is 275 g/mol. The lowest BCUT2D eigenvalue weighted by Crippen LogP contribution is -2.05. The van der Waals surface area contributed by atoms with Gasteiger partial charge in [-0.1, -0.05) is 12.1 Å². The molecule has 5 heteroatoms. The molecule has 2 aromatic rings. The van der Waals surface area contributed by atoms with Gasteiger partial charge in [0.05, 0.1) is 12.8 Å². The minimum atomic E-state index is 0.562. The molecular formula is C15H21N3O2. The van der Waals surface area contributed by atoms with Crippen molar-refractivity contribution in [1.29, 1.82) is 0 Å². The van der Waals surface area contributed by atoms with Crippen LogP contribution in [-0.2, 0) is 11.3 Å². The molecule has 0 saturated carbocycles. The summed E-state index contributed by atoms with van der Waals surface area (Å²) in [5.41, 5.74) is 7.73. The van der Waals surface area contributed by atoms with Gasteiger partial charge in [-0.15, -0.1) is 0 Å². The fourth-order valence-electron chi connectivity index (χ4n) is 1.87. The maximum atomic E-state index is 5.54. The number of benzene rings is 1. The Bertz CT molecular complexity index is 508. The molecule has 0 aliphatic heterocycles. The Labute approximate surface area is 119 Å². The lowest BCUT2D eigenvalue weighted by Gasteiger charge is -2.05. The van der Waals surface area contributed by atoms with Gasteiger partial charge in [-0.05, 0) is 30.7 Å². The Morgan fingerprint density at radius 3 is 2.65 bits per heavy atom. The van der Waals surface area contributed by atoms with Crippen molar-refractivity contribution in [3.63, 3.8) is 0 Å². The van der Waals surface area contributed by atoms with Gasteiger partial charge in [0.2, 0.25) is 0 Å². The molecule has 0 spiro atoms. The van der Waals surface area contributed by atoms with E-state index in [9.17, 15) is 0 Å². The van der Waals surface area contributed by atoms with Crippen LogP contribution in [0.2, 0.25) is 0 Å². The molecule has 1 aromatic carbocycles. The van der Waals surface area contributed by atoms with Gasteiger partial charge < -0.3 is 15.2 Å². The Balaban J connectivity index is 1.96. The van der Waals surface area contributed by atoms with Crippen molar-refractivity contribution in [2.75, 3.05) is 26.9 Å². The van der Waals surface area contributed by atoms with Crippen LogP contribution in [0.3, 0.4) is 0 Å². The normalized spacial score (nSPS) is 10.7. The number of hydrogen-bond donors (Lipinski definition) is 1. The zero-order chi connectivity index (χ0) is 14.2. The topological polar surface area (TPSA) is 62.3 Å². The fourth-order valence-corrected chi connectivity index (χ4v) is 1.87. The Kier molecular flexibility index (Phi) is 5.58. The van der Waals surface area contributed by atoms with Crippen LogP contribution in [0.5, 0.6) is 5.75 Å². The minimum absolute atomic E-state index is 0.562. The lowest BCUT2D eigenvalue weighted by molar-refractivity contribution is 0.146. The van der Waals surface area contributed by atoms with Crippen molar-refractivity contribution in [2.45, 2.75) is 13.0 Å². The van der Waals surface area contributed by atoms with E-state index in [0.29, 0.717) is 19.8 Å². The molecule has 0 saturated heterocycles. The van der Waals surface area contributed by atoms with Gasteiger partial charge in [0.15, 0.2) is 0 Å². The predicted octanol–water partition coefficient (Wildman–Crippen LogP) is 1.92. The smallest absolute Gasteiger partial charge is 0.119 e. The molecular weight excluding hydrogens is 254 g/mol. The molecule has 5 nitrogen and oxygen atoms in total. The highest BCUT2D eigenvalue weighted by atomic mass is 16.5. The zero-order valence-electron chi connectivity index (χ0n) is 11.8. The molecule has 0 aliphatic rings. The first-order valence-electron chi connectivity index (χ1n) is 6.78. The molecule has 2 N–H and O–H groups in total. The largest absolute Gasteiger partial charge is 0.491 e. The SMILES string of the molecule is COCCOc1ccc(-c2cnn(CCCN)c2)cc1. The van der Waals surface area contributed by atoms with E-state index in [1.165, 1.54) is 0 Å².